The molecule has 0 fully saturated rings. The number of aromatic nitrogens is 2. The highest BCUT2D eigenvalue weighted by molar-refractivity contribution is 9.10. The van der Waals surface area contributed by atoms with Crippen LogP contribution in [0, 0.1) is 12.3 Å². The molecule has 0 atom stereocenters. The maximum atomic E-state index is 13.3. The van der Waals surface area contributed by atoms with Crippen LogP contribution in [0.5, 0.6) is 5.75 Å². The van der Waals surface area contributed by atoms with Crippen molar-refractivity contribution >= 4 is 44.0 Å². The minimum absolute atomic E-state index is 0.168. The first-order chi connectivity index (χ1) is 16.1. The third kappa shape index (κ3) is 4.16. The van der Waals surface area contributed by atoms with Crippen LogP contribution in [-0.2, 0) is 0 Å². The first-order valence-electron chi connectivity index (χ1n) is 10.0. The second kappa shape index (κ2) is 8.77. The molecular weight excluding hydrogens is 482 g/mol. The van der Waals surface area contributed by atoms with Crippen LogP contribution in [0.2, 0.25) is 0 Å². The number of benzene rings is 3. The minimum atomic E-state index is -0.298. The van der Waals surface area contributed by atoms with Gasteiger partial charge in [-0.2, -0.15) is 9.78 Å². The molecule has 0 spiro atoms. The van der Waals surface area contributed by atoms with Crippen molar-refractivity contribution < 1.29 is 9.15 Å². The van der Waals surface area contributed by atoms with E-state index in [9.17, 15) is 4.79 Å². The Bertz CT molecular complexity index is 1630. The highest BCUT2D eigenvalue weighted by Crippen LogP contribution is 2.29. The Balaban J connectivity index is 1.66. The zero-order valence-electron chi connectivity index (χ0n) is 17.2. The lowest BCUT2D eigenvalue weighted by atomic mass is 10.2. The standard InChI is InChI=1S/C26H16BrN3O3/c1-2-12-32-20-7-5-6-17(13-20)16-28-30-25(29-22-9-4-3-8-21(22)26(30)31)24-15-18-14-19(27)10-11-23(18)33-24/h1,3-11,13-16H,12H2. The molecule has 0 amide bonds. The zero-order chi connectivity index (χ0) is 22.8. The number of para-hydroxylation sites is 1. The van der Waals surface area contributed by atoms with Gasteiger partial charge in [-0.15, -0.1) is 6.42 Å². The summed E-state index contributed by atoms with van der Waals surface area (Å²) >= 11 is 3.47. The van der Waals surface area contributed by atoms with E-state index in [0.717, 1.165) is 15.4 Å². The summed E-state index contributed by atoms with van der Waals surface area (Å²) in [6, 6.07) is 22.0. The predicted octanol–water partition coefficient (Wildman–Crippen LogP) is 5.47. The van der Waals surface area contributed by atoms with E-state index in [0.29, 0.717) is 33.8 Å². The molecule has 0 bridgehead atoms. The van der Waals surface area contributed by atoms with Gasteiger partial charge in [0.05, 0.1) is 17.1 Å². The van der Waals surface area contributed by atoms with Gasteiger partial charge in [0.25, 0.3) is 5.56 Å². The lowest BCUT2D eigenvalue weighted by Crippen LogP contribution is -2.20. The highest BCUT2D eigenvalue weighted by Gasteiger charge is 2.16. The smallest absolute Gasteiger partial charge is 0.282 e. The summed E-state index contributed by atoms with van der Waals surface area (Å²) in [6.07, 6.45) is 6.83. The Morgan fingerprint density at radius 2 is 2.00 bits per heavy atom. The molecule has 0 aliphatic rings. The Morgan fingerprint density at radius 3 is 2.88 bits per heavy atom. The monoisotopic (exact) mass is 497 g/mol. The second-order valence-electron chi connectivity index (χ2n) is 7.17. The molecule has 2 heterocycles. The molecule has 0 saturated carbocycles. The van der Waals surface area contributed by atoms with Gasteiger partial charge in [-0.1, -0.05) is 46.1 Å². The fraction of sp³-hybridized carbons (Fsp3) is 0.0385. The van der Waals surface area contributed by atoms with Gasteiger partial charge in [0.15, 0.2) is 5.76 Å². The number of nitrogens with zero attached hydrogens (tertiary/aromatic N) is 3. The van der Waals surface area contributed by atoms with Crippen molar-refractivity contribution in [1.29, 1.82) is 0 Å². The molecule has 0 aliphatic heterocycles. The van der Waals surface area contributed by atoms with Crippen molar-refractivity contribution in [2.45, 2.75) is 0 Å². The first kappa shape index (κ1) is 20.7. The molecule has 5 aromatic rings. The largest absolute Gasteiger partial charge is 0.481 e. The molecule has 5 rings (SSSR count). The Labute approximate surface area is 197 Å². The quantitative estimate of drug-likeness (QED) is 0.238. The normalized spacial score (nSPS) is 11.3. The zero-order valence-corrected chi connectivity index (χ0v) is 18.8. The highest BCUT2D eigenvalue weighted by atomic mass is 79.9. The molecule has 0 unspecified atom stereocenters. The van der Waals surface area contributed by atoms with Gasteiger partial charge in [0, 0.05) is 9.86 Å². The van der Waals surface area contributed by atoms with Gasteiger partial charge in [-0.05, 0) is 54.1 Å². The van der Waals surface area contributed by atoms with Crippen LogP contribution in [-0.4, -0.2) is 22.5 Å². The average molecular weight is 498 g/mol. The molecule has 6 nitrogen and oxygen atoms in total. The summed E-state index contributed by atoms with van der Waals surface area (Å²) in [5, 5.41) is 5.81. The maximum Gasteiger partial charge on any atom is 0.282 e. The molecule has 3 aromatic carbocycles. The number of ether oxygens (including phenoxy) is 1. The van der Waals surface area contributed by atoms with Crippen molar-refractivity contribution in [3.63, 3.8) is 0 Å². The van der Waals surface area contributed by atoms with Gasteiger partial charge in [0.2, 0.25) is 5.82 Å². The average Bonchev–Trinajstić information content (AvgIpc) is 3.25. The summed E-state index contributed by atoms with van der Waals surface area (Å²) in [5.41, 5.74) is 1.69. The van der Waals surface area contributed by atoms with E-state index in [1.807, 2.05) is 42.5 Å². The van der Waals surface area contributed by atoms with Crippen LogP contribution in [0.1, 0.15) is 5.56 Å². The number of hydrogen-bond donors (Lipinski definition) is 0. The third-order valence-corrected chi connectivity index (χ3v) is 5.45. The molecule has 0 saturated heterocycles. The summed E-state index contributed by atoms with van der Waals surface area (Å²) in [7, 11) is 0. The second-order valence-corrected chi connectivity index (χ2v) is 8.09. The van der Waals surface area contributed by atoms with Gasteiger partial charge in [-0.3, -0.25) is 4.79 Å². The van der Waals surface area contributed by atoms with Crippen LogP contribution < -0.4 is 10.3 Å². The van der Waals surface area contributed by atoms with E-state index in [1.54, 1.807) is 36.5 Å². The minimum Gasteiger partial charge on any atom is -0.481 e. The van der Waals surface area contributed by atoms with E-state index in [4.69, 9.17) is 20.6 Å². The van der Waals surface area contributed by atoms with Crippen LogP contribution in [0.15, 0.2) is 91.6 Å². The first-order valence-corrected chi connectivity index (χ1v) is 10.8. The van der Waals surface area contributed by atoms with Gasteiger partial charge < -0.3 is 9.15 Å². The Hall–Kier alpha value is -4.15. The number of furan rings is 1. The van der Waals surface area contributed by atoms with Crippen molar-refractivity contribution in [2.75, 3.05) is 6.61 Å². The number of halogens is 1. The molecule has 33 heavy (non-hydrogen) atoms. The van der Waals surface area contributed by atoms with Crippen molar-refractivity contribution in [3.8, 4) is 29.7 Å². The van der Waals surface area contributed by atoms with Gasteiger partial charge in [0.1, 0.15) is 17.9 Å². The number of terminal acetylenes is 1. The number of fused-ring (bicyclic) bond motifs is 2. The summed E-state index contributed by atoms with van der Waals surface area (Å²) < 4.78 is 13.7. The molecule has 160 valence electrons. The number of hydrogen-bond acceptors (Lipinski definition) is 5. The molecule has 0 radical (unpaired) electrons. The van der Waals surface area contributed by atoms with Crippen molar-refractivity contribution in [1.82, 2.24) is 9.66 Å². The van der Waals surface area contributed by atoms with Crippen molar-refractivity contribution in [3.05, 3.63) is 93.2 Å². The Kier molecular flexibility index (Phi) is 5.51. The maximum absolute atomic E-state index is 13.3. The molecular formula is C26H16BrN3O3. The summed E-state index contributed by atoms with van der Waals surface area (Å²) in [5.74, 6) is 3.80. The van der Waals surface area contributed by atoms with E-state index >= 15 is 0 Å². The summed E-state index contributed by atoms with van der Waals surface area (Å²) in [4.78, 5) is 18.0. The fourth-order valence-electron chi connectivity index (χ4n) is 3.45. The van der Waals surface area contributed by atoms with Crippen LogP contribution in [0.4, 0.5) is 0 Å². The van der Waals surface area contributed by atoms with Gasteiger partial charge >= 0.3 is 0 Å². The molecule has 2 aromatic heterocycles. The lowest BCUT2D eigenvalue weighted by molar-refractivity contribution is 0.370. The van der Waals surface area contributed by atoms with Gasteiger partial charge in [-0.25, -0.2) is 4.98 Å². The third-order valence-electron chi connectivity index (χ3n) is 4.96. The van der Waals surface area contributed by atoms with Crippen molar-refractivity contribution in [2.24, 2.45) is 5.10 Å². The molecule has 7 heteroatoms. The molecule has 0 aliphatic carbocycles. The van der Waals surface area contributed by atoms with E-state index in [1.165, 1.54) is 4.68 Å². The predicted molar refractivity (Wildman–Crippen MR) is 133 cm³/mol. The SMILES string of the molecule is C#CCOc1cccc(C=Nn2c(-c3cc4cc(Br)ccc4o3)nc3ccccc3c2=O)c1. The molecule has 0 N–H and O–H groups in total. The van der Waals surface area contributed by atoms with Crippen LogP contribution in [0.25, 0.3) is 33.5 Å². The van der Waals surface area contributed by atoms with Crippen LogP contribution >= 0.6 is 15.9 Å². The topological polar surface area (TPSA) is 69.6 Å². The lowest BCUT2D eigenvalue weighted by Gasteiger charge is -2.07. The van der Waals surface area contributed by atoms with E-state index in [2.05, 4.69) is 27.0 Å². The Morgan fingerprint density at radius 1 is 1.12 bits per heavy atom. The van der Waals surface area contributed by atoms with Crippen LogP contribution in [0.3, 0.4) is 0 Å². The summed E-state index contributed by atoms with van der Waals surface area (Å²) in [6.45, 7) is 0.168. The number of rotatable bonds is 5. The van der Waals surface area contributed by atoms with E-state index in [-0.39, 0.29) is 12.2 Å². The fourth-order valence-corrected chi connectivity index (χ4v) is 3.83. The van der Waals surface area contributed by atoms with E-state index < -0.39 is 0 Å².